The highest BCUT2D eigenvalue weighted by Crippen LogP contribution is 2.27. The van der Waals surface area contributed by atoms with Gasteiger partial charge in [-0.15, -0.1) is 0 Å². The van der Waals surface area contributed by atoms with Crippen LogP contribution < -0.4 is 11.1 Å². The Morgan fingerprint density at radius 2 is 2.33 bits per heavy atom. The highest BCUT2D eigenvalue weighted by Gasteiger charge is 2.22. The molecule has 1 saturated carbocycles. The Kier molecular flexibility index (Phi) is 6.16. The van der Waals surface area contributed by atoms with Crippen LogP contribution in [0.5, 0.6) is 0 Å². The summed E-state index contributed by atoms with van der Waals surface area (Å²) in [6.45, 7) is 0.328. The van der Waals surface area contributed by atoms with E-state index in [1.54, 1.807) is 0 Å². The van der Waals surface area contributed by atoms with Gasteiger partial charge in [0.1, 0.15) is 0 Å². The van der Waals surface area contributed by atoms with Gasteiger partial charge in [0, 0.05) is 22.4 Å². The molecule has 1 aliphatic carbocycles. The Morgan fingerprint density at radius 1 is 1.48 bits per heavy atom. The molecule has 1 fully saturated rings. The van der Waals surface area contributed by atoms with Crippen molar-refractivity contribution >= 4 is 17.7 Å². The first-order chi connectivity index (χ1) is 10.2. The van der Waals surface area contributed by atoms with Gasteiger partial charge in [0.05, 0.1) is 6.54 Å². The second-order valence-corrected chi connectivity index (χ2v) is 6.42. The summed E-state index contributed by atoms with van der Waals surface area (Å²) in [5.41, 5.74) is 6.87. The lowest BCUT2D eigenvalue weighted by Crippen LogP contribution is -2.39. The molecule has 112 valence electrons. The zero-order chi connectivity index (χ0) is 15.1. The summed E-state index contributed by atoms with van der Waals surface area (Å²) in [4.78, 5) is 12.3. The first-order valence-corrected chi connectivity index (χ1v) is 8.64. The van der Waals surface area contributed by atoms with Gasteiger partial charge in [-0.3, -0.25) is 4.79 Å². The molecule has 2 atom stereocenters. The van der Waals surface area contributed by atoms with E-state index in [1.807, 2.05) is 36.0 Å². The second kappa shape index (κ2) is 8.11. The van der Waals surface area contributed by atoms with E-state index in [-0.39, 0.29) is 5.91 Å². The maximum Gasteiger partial charge on any atom is 0.251 e. The number of nitrogens with one attached hydrogen (secondary N) is 1. The number of rotatable bonds is 3. The van der Waals surface area contributed by atoms with Gasteiger partial charge in [-0.2, -0.15) is 11.8 Å². The lowest BCUT2D eigenvalue weighted by Gasteiger charge is -2.28. The predicted molar refractivity (Wildman–Crippen MR) is 89.4 cm³/mol. The highest BCUT2D eigenvalue weighted by molar-refractivity contribution is 7.99. The van der Waals surface area contributed by atoms with Crippen molar-refractivity contribution in [3.8, 4) is 11.8 Å². The monoisotopic (exact) mass is 302 g/mol. The van der Waals surface area contributed by atoms with E-state index in [2.05, 4.69) is 23.4 Å². The molecule has 0 saturated heterocycles. The first-order valence-electron chi connectivity index (χ1n) is 7.35. The molecule has 1 aromatic carbocycles. The molecule has 3 N–H and O–H groups in total. The molecule has 2 rings (SSSR count). The van der Waals surface area contributed by atoms with Crippen molar-refractivity contribution < 1.29 is 4.79 Å². The summed E-state index contributed by atoms with van der Waals surface area (Å²) in [6, 6.07) is 7.71. The number of amides is 1. The number of carbonyl (C=O) groups excluding carboxylic acids is 1. The van der Waals surface area contributed by atoms with Gasteiger partial charge in [-0.25, -0.2) is 0 Å². The molecule has 1 amide bonds. The molecule has 1 aliphatic rings. The highest BCUT2D eigenvalue weighted by atomic mass is 32.2. The average molecular weight is 302 g/mol. The minimum absolute atomic E-state index is 0.00171. The Balaban J connectivity index is 1.99. The summed E-state index contributed by atoms with van der Waals surface area (Å²) in [5.74, 6) is 5.77. The lowest BCUT2D eigenvalue weighted by molar-refractivity contribution is 0.0928. The van der Waals surface area contributed by atoms with Gasteiger partial charge in [0.2, 0.25) is 0 Å². The van der Waals surface area contributed by atoms with Gasteiger partial charge in [-0.1, -0.05) is 24.3 Å². The van der Waals surface area contributed by atoms with Crippen molar-refractivity contribution in [1.82, 2.24) is 5.32 Å². The topological polar surface area (TPSA) is 55.1 Å². The number of thioether (sulfide) groups is 1. The fourth-order valence-electron chi connectivity index (χ4n) is 2.65. The van der Waals surface area contributed by atoms with Crippen LogP contribution in [0.15, 0.2) is 24.3 Å². The molecule has 0 radical (unpaired) electrons. The third kappa shape index (κ3) is 4.80. The van der Waals surface area contributed by atoms with Gasteiger partial charge < -0.3 is 11.1 Å². The fraction of sp³-hybridized carbons (Fsp3) is 0.471. The van der Waals surface area contributed by atoms with Crippen LogP contribution in [0.1, 0.15) is 41.6 Å². The molecule has 0 bridgehead atoms. The number of nitrogens with two attached hydrogens (primary N) is 1. The molecule has 21 heavy (non-hydrogen) atoms. The van der Waals surface area contributed by atoms with Crippen molar-refractivity contribution in [2.45, 2.75) is 37.0 Å². The Labute approximate surface area is 131 Å². The fourth-order valence-corrected chi connectivity index (χ4v) is 3.48. The van der Waals surface area contributed by atoms with Gasteiger partial charge in [0.15, 0.2) is 0 Å². The van der Waals surface area contributed by atoms with E-state index in [0.717, 1.165) is 18.4 Å². The molecule has 0 aliphatic heterocycles. The van der Waals surface area contributed by atoms with Crippen LogP contribution >= 0.6 is 11.8 Å². The third-order valence-corrected chi connectivity index (χ3v) is 4.85. The third-order valence-electron chi connectivity index (χ3n) is 3.75. The molecular weight excluding hydrogens is 280 g/mol. The lowest BCUT2D eigenvalue weighted by atomic mass is 9.94. The quantitative estimate of drug-likeness (QED) is 0.843. The molecule has 1 aromatic rings. The largest absolute Gasteiger partial charge is 0.349 e. The first kappa shape index (κ1) is 15.9. The number of hydrogen-bond donors (Lipinski definition) is 2. The van der Waals surface area contributed by atoms with E-state index in [4.69, 9.17) is 5.73 Å². The van der Waals surface area contributed by atoms with E-state index < -0.39 is 0 Å². The SMILES string of the molecule is CSC1CCCC(NC(=O)c2cccc(C#CCN)c2)C1. The average Bonchev–Trinajstić information content (AvgIpc) is 2.53. The van der Waals surface area contributed by atoms with Crippen molar-refractivity contribution in [2.75, 3.05) is 12.8 Å². The van der Waals surface area contributed by atoms with Crippen molar-refractivity contribution in [3.05, 3.63) is 35.4 Å². The van der Waals surface area contributed by atoms with Crippen LogP contribution in [0.4, 0.5) is 0 Å². The molecule has 2 unspecified atom stereocenters. The Hall–Kier alpha value is -1.44. The molecule has 4 heteroatoms. The standard InChI is InChI=1S/C17H22N2OS/c1-21-16-9-3-8-15(12-16)19-17(20)14-7-2-5-13(11-14)6-4-10-18/h2,5,7,11,15-16H,3,8-10,12,18H2,1H3,(H,19,20). The Morgan fingerprint density at radius 3 is 3.10 bits per heavy atom. The minimum atomic E-state index is -0.00171. The van der Waals surface area contributed by atoms with Crippen LogP contribution in [-0.2, 0) is 0 Å². The summed E-state index contributed by atoms with van der Waals surface area (Å²) < 4.78 is 0. The van der Waals surface area contributed by atoms with E-state index in [9.17, 15) is 4.79 Å². The van der Waals surface area contributed by atoms with E-state index >= 15 is 0 Å². The van der Waals surface area contributed by atoms with Gasteiger partial charge >= 0.3 is 0 Å². The summed E-state index contributed by atoms with van der Waals surface area (Å²) in [7, 11) is 0. The molecule has 0 spiro atoms. The smallest absolute Gasteiger partial charge is 0.251 e. The molecule has 3 nitrogen and oxygen atoms in total. The number of benzene rings is 1. The van der Waals surface area contributed by atoms with E-state index in [1.165, 1.54) is 12.8 Å². The summed E-state index contributed by atoms with van der Waals surface area (Å²) >= 11 is 1.90. The van der Waals surface area contributed by atoms with E-state index in [0.29, 0.717) is 23.4 Å². The molecular formula is C17H22N2OS. The van der Waals surface area contributed by atoms with Gasteiger partial charge in [0.25, 0.3) is 5.91 Å². The molecule has 0 heterocycles. The summed E-state index contributed by atoms with van der Waals surface area (Å²) in [6.07, 6.45) is 6.75. The van der Waals surface area contributed by atoms with Crippen LogP contribution in [0.2, 0.25) is 0 Å². The normalized spacial score (nSPS) is 21.2. The molecule has 0 aromatic heterocycles. The van der Waals surface area contributed by atoms with Crippen LogP contribution in [0.25, 0.3) is 0 Å². The van der Waals surface area contributed by atoms with Crippen LogP contribution in [-0.4, -0.2) is 30.0 Å². The van der Waals surface area contributed by atoms with Crippen molar-refractivity contribution in [1.29, 1.82) is 0 Å². The Bertz CT molecular complexity index is 547. The van der Waals surface area contributed by atoms with Crippen LogP contribution in [0.3, 0.4) is 0 Å². The van der Waals surface area contributed by atoms with Crippen molar-refractivity contribution in [2.24, 2.45) is 5.73 Å². The number of hydrogen-bond acceptors (Lipinski definition) is 3. The number of carbonyl (C=O) groups is 1. The maximum atomic E-state index is 12.3. The predicted octanol–water partition coefficient (Wildman–Crippen LogP) is 2.40. The zero-order valence-electron chi connectivity index (χ0n) is 12.4. The maximum absolute atomic E-state index is 12.3. The summed E-state index contributed by atoms with van der Waals surface area (Å²) in [5, 5.41) is 3.83. The van der Waals surface area contributed by atoms with Gasteiger partial charge in [-0.05, 0) is 43.7 Å². The minimum Gasteiger partial charge on any atom is -0.349 e. The van der Waals surface area contributed by atoms with Crippen molar-refractivity contribution in [3.63, 3.8) is 0 Å². The zero-order valence-corrected chi connectivity index (χ0v) is 13.2. The van der Waals surface area contributed by atoms with Crippen LogP contribution in [0, 0.1) is 11.8 Å². The second-order valence-electron chi connectivity index (χ2n) is 5.28.